The lowest BCUT2D eigenvalue weighted by Crippen LogP contribution is -2.29. The molecule has 1 aliphatic rings. The molecular weight excluding hydrogens is 441 g/mol. The number of carbonyl (C=O) groups excluding carboxylic acids is 2. The molecule has 1 fully saturated rings. The zero-order valence-corrected chi connectivity index (χ0v) is 15.4. The number of phenolic OH excluding ortho intramolecular Hbond substituents is 1. The van der Waals surface area contributed by atoms with E-state index in [2.05, 4.69) is 0 Å². The number of hydrogen-bond donors (Lipinski definition) is 1. The first-order valence-corrected chi connectivity index (χ1v) is 8.63. The third-order valence-electron chi connectivity index (χ3n) is 2.95. The first-order chi connectivity index (χ1) is 10.4. The van der Waals surface area contributed by atoms with Crippen molar-refractivity contribution in [3.05, 3.63) is 31.2 Å². The van der Waals surface area contributed by atoms with Crippen LogP contribution in [0.4, 0.5) is 4.79 Å². The molecule has 1 aromatic carbocycles. The molecule has 1 aliphatic heterocycles. The van der Waals surface area contributed by atoms with Crippen molar-refractivity contribution in [1.29, 1.82) is 0 Å². The number of amides is 2. The number of thioether (sulfide) groups is 1. The minimum Gasteiger partial charge on any atom is -0.506 e. The van der Waals surface area contributed by atoms with Gasteiger partial charge in [-0.2, -0.15) is 0 Å². The Hall–Kier alpha value is -0.770. The van der Waals surface area contributed by atoms with E-state index in [0.717, 1.165) is 11.8 Å². The Kier molecular flexibility index (Phi) is 6.13. The van der Waals surface area contributed by atoms with E-state index >= 15 is 0 Å². The predicted octanol–water partition coefficient (Wildman–Crippen LogP) is 3.72. The molecule has 8 heteroatoms. The van der Waals surface area contributed by atoms with Gasteiger partial charge in [0, 0.05) is 30.8 Å². The van der Waals surface area contributed by atoms with Crippen LogP contribution < -0.4 is 0 Å². The Bertz CT molecular complexity index is 650. The van der Waals surface area contributed by atoms with Gasteiger partial charge < -0.3 is 9.84 Å². The highest BCUT2D eigenvalue weighted by molar-refractivity contribution is 14.1. The Morgan fingerprint density at radius 1 is 1.45 bits per heavy atom. The Balaban J connectivity index is 2.23. The van der Waals surface area contributed by atoms with Crippen molar-refractivity contribution in [2.75, 3.05) is 20.3 Å². The molecule has 0 bridgehead atoms. The number of hydrogen-bond acceptors (Lipinski definition) is 5. The average molecular weight is 454 g/mol. The molecule has 0 aliphatic carbocycles. The quantitative estimate of drug-likeness (QED) is 0.418. The maximum atomic E-state index is 12.3. The summed E-state index contributed by atoms with van der Waals surface area (Å²) in [5.74, 6) is -0.323. The average Bonchev–Trinajstić information content (AvgIpc) is 2.72. The van der Waals surface area contributed by atoms with Crippen molar-refractivity contribution < 1.29 is 19.4 Å². The number of ether oxygens (including phenoxy) is 1. The fourth-order valence-corrected chi connectivity index (χ4v) is 3.81. The van der Waals surface area contributed by atoms with Gasteiger partial charge >= 0.3 is 0 Å². The summed E-state index contributed by atoms with van der Waals surface area (Å²) >= 11 is 8.77. The second-order valence-corrected chi connectivity index (χ2v) is 7.10. The summed E-state index contributed by atoms with van der Waals surface area (Å²) in [6.07, 6.45) is 2.08. The van der Waals surface area contributed by atoms with Crippen molar-refractivity contribution in [2.24, 2.45) is 0 Å². The van der Waals surface area contributed by atoms with Crippen LogP contribution in [-0.2, 0) is 9.53 Å². The van der Waals surface area contributed by atoms with Crippen LogP contribution in [0.3, 0.4) is 0 Å². The number of carbonyl (C=O) groups is 2. The minimum atomic E-state index is -0.361. The van der Waals surface area contributed by atoms with Gasteiger partial charge in [-0.1, -0.05) is 11.6 Å². The van der Waals surface area contributed by atoms with E-state index in [1.165, 1.54) is 11.0 Å². The lowest BCUT2D eigenvalue weighted by atomic mass is 10.2. The molecule has 0 unspecified atom stereocenters. The maximum Gasteiger partial charge on any atom is 0.293 e. The predicted molar refractivity (Wildman–Crippen MR) is 95.0 cm³/mol. The summed E-state index contributed by atoms with van der Waals surface area (Å²) < 4.78 is 5.50. The Labute approximate surface area is 150 Å². The van der Waals surface area contributed by atoms with E-state index in [9.17, 15) is 14.7 Å². The number of benzene rings is 1. The lowest BCUT2D eigenvalue weighted by molar-refractivity contribution is -0.122. The number of halogens is 2. The number of nitrogens with zero attached hydrogens (tertiary/aromatic N) is 1. The molecule has 0 aromatic heterocycles. The van der Waals surface area contributed by atoms with Gasteiger partial charge in [0.2, 0.25) is 0 Å². The van der Waals surface area contributed by atoms with Gasteiger partial charge in [0.05, 0.1) is 8.48 Å². The van der Waals surface area contributed by atoms with Crippen molar-refractivity contribution in [2.45, 2.75) is 6.42 Å². The molecule has 5 nitrogen and oxygen atoms in total. The highest BCUT2D eigenvalue weighted by Gasteiger charge is 2.34. The second-order valence-electron chi connectivity index (χ2n) is 4.51. The zero-order chi connectivity index (χ0) is 16.3. The highest BCUT2D eigenvalue weighted by Crippen LogP contribution is 2.36. The molecule has 2 rings (SSSR count). The molecule has 1 heterocycles. The molecule has 2 amide bonds. The summed E-state index contributed by atoms with van der Waals surface area (Å²) in [5, 5.41) is 10.2. The summed E-state index contributed by atoms with van der Waals surface area (Å²) in [6.45, 7) is 0.795. The normalized spacial score (nSPS) is 16.9. The molecule has 22 heavy (non-hydrogen) atoms. The van der Waals surface area contributed by atoms with Gasteiger partial charge in [0.15, 0.2) is 0 Å². The van der Waals surface area contributed by atoms with Crippen LogP contribution in [0, 0.1) is 3.57 Å². The van der Waals surface area contributed by atoms with E-state index in [1.807, 2.05) is 22.6 Å². The number of rotatable bonds is 5. The third-order valence-corrected chi connectivity index (χ3v) is 4.90. The summed E-state index contributed by atoms with van der Waals surface area (Å²) in [7, 11) is 1.57. The van der Waals surface area contributed by atoms with E-state index in [4.69, 9.17) is 16.3 Å². The van der Waals surface area contributed by atoms with Crippen LogP contribution in [0.15, 0.2) is 17.0 Å². The second kappa shape index (κ2) is 7.67. The van der Waals surface area contributed by atoms with Crippen LogP contribution in [0.1, 0.15) is 12.0 Å². The molecule has 118 valence electrons. The Morgan fingerprint density at radius 3 is 2.86 bits per heavy atom. The van der Waals surface area contributed by atoms with Crippen LogP contribution in [0.5, 0.6) is 5.75 Å². The fraction of sp³-hybridized carbons (Fsp3) is 0.286. The lowest BCUT2D eigenvalue weighted by Gasteiger charge is -2.11. The zero-order valence-electron chi connectivity index (χ0n) is 11.6. The van der Waals surface area contributed by atoms with Crippen molar-refractivity contribution >= 4 is 63.2 Å². The van der Waals surface area contributed by atoms with E-state index < -0.39 is 0 Å². The van der Waals surface area contributed by atoms with Gasteiger partial charge in [0.1, 0.15) is 5.75 Å². The van der Waals surface area contributed by atoms with Crippen LogP contribution in [-0.4, -0.2) is 41.4 Å². The third kappa shape index (κ3) is 3.95. The largest absolute Gasteiger partial charge is 0.506 e. The van der Waals surface area contributed by atoms with Gasteiger partial charge in [-0.25, -0.2) is 0 Å². The standard InChI is InChI=1S/C14H13ClINO4S/c1-21-4-2-3-17-13(19)11(22-14(17)20)6-8-5-9(15)7-10(16)12(8)18/h5-7,18H,2-4H2,1H3/b11-6+. The smallest absolute Gasteiger partial charge is 0.293 e. The first kappa shape index (κ1) is 17.6. The minimum absolute atomic E-state index is 0.0381. The van der Waals surface area contributed by atoms with E-state index in [-0.39, 0.29) is 21.8 Å². The summed E-state index contributed by atoms with van der Waals surface area (Å²) in [5.41, 5.74) is 0.416. The molecule has 1 saturated heterocycles. The van der Waals surface area contributed by atoms with E-state index in [1.54, 1.807) is 19.2 Å². The van der Waals surface area contributed by atoms with Crippen LogP contribution in [0.25, 0.3) is 6.08 Å². The number of phenols is 1. The number of imide groups is 1. The number of methoxy groups -OCH3 is 1. The van der Waals surface area contributed by atoms with E-state index in [0.29, 0.717) is 33.7 Å². The molecular formula is C14H13ClINO4S. The van der Waals surface area contributed by atoms with Crippen molar-refractivity contribution in [3.63, 3.8) is 0 Å². The van der Waals surface area contributed by atoms with Crippen molar-refractivity contribution in [1.82, 2.24) is 4.90 Å². The van der Waals surface area contributed by atoms with Gasteiger partial charge in [-0.15, -0.1) is 0 Å². The van der Waals surface area contributed by atoms with Crippen LogP contribution >= 0.6 is 46.0 Å². The monoisotopic (exact) mass is 453 g/mol. The Morgan fingerprint density at radius 2 is 2.18 bits per heavy atom. The van der Waals surface area contributed by atoms with Crippen molar-refractivity contribution in [3.8, 4) is 5.75 Å². The molecule has 0 radical (unpaired) electrons. The van der Waals surface area contributed by atoms with Gasteiger partial charge in [-0.3, -0.25) is 14.5 Å². The first-order valence-electron chi connectivity index (χ1n) is 6.36. The summed E-state index contributed by atoms with van der Waals surface area (Å²) in [4.78, 5) is 25.6. The molecule has 0 saturated carbocycles. The SMILES string of the molecule is COCCCN1C(=O)S/C(=C/c2cc(Cl)cc(I)c2O)C1=O. The van der Waals surface area contributed by atoms with Gasteiger partial charge in [0.25, 0.3) is 11.1 Å². The summed E-state index contributed by atoms with van der Waals surface area (Å²) in [6, 6.07) is 3.17. The maximum absolute atomic E-state index is 12.3. The fourth-order valence-electron chi connectivity index (χ4n) is 1.90. The van der Waals surface area contributed by atoms with Gasteiger partial charge in [-0.05, 0) is 59.0 Å². The molecule has 0 spiro atoms. The molecule has 1 N–H and O–H groups in total. The molecule has 1 aromatic rings. The highest BCUT2D eigenvalue weighted by atomic mass is 127. The molecule has 0 atom stereocenters. The number of aromatic hydroxyl groups is 1. The topological polar surface area (TPSA) is 66.8 Å². The van der Waals surface area contributed by atoms with Crippen LogP contribution in [0.2, 0.25) is 5.02 Å².